The highest BCUT2D eigenvalue weighted by atomic mass is 16.6. The minimum atomic E-state index is -0.265. The third-order valence-electron chi connectivity index (χ3n) is 4.83. The summed E-state index contributed by atoms with van der Waals surface area (Å²) in [5.41, 5.74) is 0. The van der Waals surface area contributed by atoms with Gasteiger partial charge in [0.15, 0.2) is 0 Å². The summed E-state index contributed by atoms with van der Waals surface area (Å²) in [5.74, 6) is 2.02. The molecule has 2 aliphatic rings. The first-order chi connectivity index (χ1) is 11.7. The fourth-order valence-corrected chi connectivity index (χ4v) is 4.10. The molecule has 0 aromatic heterocycles. The number of carbonyl (C=O) groups excluding carboxylic acids is 1. The lowest BCUT2D eigenvalue weighted by Crippen LogP contribution is -2.36. The summed E-state index contributed by atoms with van der Waals surface area (Å²) in [6.45, 7) is 4.36. The summed E-state index contributed by atoms with van der Waals surface area (Å²) in [7, 11) is 0. The van der Waals surface area contributed by atoms with E-state index in [2.05, 4.69) is 6.92 Å². The van der Waals surface area contributed by atoms with Crippen molar-refractivity contribution < 1.29 is 28.8 Å². The number of hydrogen-bond donors (Lipinski definition) is 1. The van der Waals surface area contributed by atoms with Gasteiger partial charge in [0.2, 0.25) is 0 Å². The number of carbonyl (C=O) groups is 1. The van der Waals surface area contributed by atoms with Gasteiger partial charge in [-0.15, -0.1) is 0 Å². The van der Waals surface area contributed by atoms with Gasteiger partial charge in [-0.1, -0.05) is 6.92 Å². The summed E-state index contributed by atoms with van der Waals surface area (Å²) >= 11 is 0. The highest BCUT2D eigenvalue weighted by molar-refractivity contribution is 5.70. The quantitative estimate of drug-likeness (QED) is 0.455. The summed E-state index contributed by atoms with van der Waals surface area (Å²) in [6.07, 6.45) is 5.99. The largest absolute Gasteiger partial charge is 0.461 e. The van der Waals surface area contributed by atoms with Gasteiger partial charge in [-0.05, 0) is 49.9 Å². The van der Waals surface area contributed by atoms with Crippen molar-refractivity contribution in [3.63, 3.8) is 0 Å². The topological polar surface area (TPSA) is 74.2 Å². The Hall–Kier alpha value is -0.690. The van der Waals surface area contributed by atoms with Crippen molar-refractivity contribution in [3.8, 4) is 0 Å². The van der Waals surface area contributed by atoms with Crippen LogP contribution in [0.25, 0.3) is 0 Å². The number of fused-ring (bicyclic) bond motifs is 2. The average Bonchev–Trinajstić information content (AvgIpc) is 2.52. The summed E-state index contributed by atoms with van der Waals surface area (Å²) in [6, 6.07) is 0. The predicted octanol–water partition coefficient (Wildman–Crippen LogP) is 1.79. The molecule has 6 nitrogen and oxygen atoms in total. The van der Waals surface area contributed by atoms with E-state index >= 15 is 0 Å². The van der Waals surface area contributed by atoms with Gasteiger partial charge in [-0.25, -0.2) is 4.79 Å². The average molecular weight is 344 g/mol. The van der Waals surface area contributed by atoms with E-state index in [0.717, 1.165) is 30.6 Å². The highest BCUT2D eigenvalue weighted by Crippen LogP contribution is 2.43. The zero-order chi connectivity index (χ0) is 17.2. The maximum Gasteiger partial charge on any atom is 0.332 e. The fraction of sp³-hybridized carbons (Fsp3) is 0.944. The molecule has 6 heteroatoms. The number of ether oxygens (including phenoxy) is 4. The van der Waals surface area contributed by atoms with Crippen molar-refractivity contribution in [1.29, 1.82) is 0 Å². The van der Waals surface area contributed by atoms with Crippen LogP contribution in [0.3, 0.4) is 0 Å². The molecule has 2 saturated carbocycles. The number of aliphatic hydroxyl groups is 1. The first-order valence-corrected chi connectivity index (χ1v) is 9.21. The van der Waals surface area contributed by atoms with E-state index in [0.29, 0.717) is 33.0 Å². The third-order valence-corrected chi connectivity index (χ3v) is 4.83. The molecule has 140 valence electrons. The standard InChI is InChI=1S/C18H32O6/c1-14-8-15-10-16(9-14)12-17(11-15)24-18(20)13-23-7-6-22-5-4-21-3-2-19/h14-17,19H,2-13H2,1H3. The van der Waals surface area contributed by atoms with Crippen molar-refractivity contribution in [3.05, 3.63) is 0 Å². The van der Waals surface area contributed by atoms with Gasteiger partial charge in [0.05, 0.1) is 39.6 Å². The molecule has 0 aliphatic heterocycles. The molecule has 24 heavy (non-hydrogen) atoms. The van der Waals surface area contributed by atoms with Crippen LogP contribution in [0.2, 0.25) is 0 Å². The van der Waals surface area contributed by atoms with Crippen LogP contribution in [0.4, 0.5) is 0 Å². The predicted molar refractivity (Wildman–Crippen MR) is 88.7 cm³/mol. The second-order valence-corrected chi connectivity index (χ2v) is 7.13. The monoisotopic (exact) mass is 344 g/mol. The highest BCUT2D eigenvalue weighted by Gasteiger charge is 2.36. The fourth-order valence-electron chi connectivity index (χ4n) is 4.10. The molecule has 0 aromatic carbocycles. The summed E-state index contributed by atoms with van der Waals surface area (Å²) in [4.78, 5) is 11.9. The molecular formula is C18H32O6. The first kappa shape index (κ1) is 19.6. The second kappa shape index (κ2) is 11.0. The maximum absolute atomic E-state index is 11.9. The van der Waals surface area contributed by atoms with E-state index in [1.807, 2.05) is 0 Å². The zero-order valence-electron chi connectivity index (χ0n) is 14.8. The molecule has 1 N–H and O–H groups in total. The molecule has 0 saturated heterocycles. The molecule has 2 rings (SSSR count). The van der Waals surface area contributed by atoms with E-state index in [9.17, 15) is 4.79 Å². The van der Waals surface area contributed by atoms with Gasteiger partial charge >= 0.3 is 5.97 Å². The SMILES string of the molecule is CC1CC2CC(C1)CC(OC(=O)COCCOCCOCCO)C2. The normalized spacial score (nSPS) is 29.4. The first-order valence-electron chi connectivity index (χ1n) is 9.21. The zero-order valence-corrected chi connectivity index (χ0v) is 14.8. The minimum absolute atomic E-state index is 0.00733. The third kappa shape index (κ3) is 7.47. The lowest BCUT2D eigenvalue weighted by atomic mass is 9.67. The molecule has 0 aromatic rings. The lowest BCUT2D eigenvalue weighted by Gasteiger charge is -2.41. The molecule has 2 aliphatic carbocycles. The molecule has 0 heterocycles. The van der Waals surface area contributed by atoms with Crippen LogP contribution in [0.15, 0.2) is 0 Å². The Morgan fingerprint density at radius 2 is 1.46 bits per heavy atom. The molecule has 0 amide bonds. The molecule has 0 spiro atoms. The van der Waals surface area contributed by atoms with Crippen LogP contribution in [0.1, 0.15) is 39.0 Å². The molecule has 0 radical (unpaired) electrons. The molecule has 2 unspecified atom stereocenters. The van der Waals surface area contributed by atoms with E-state index in [4.69, 9.17) is 24.1 Å². The Balaban J connectivity index is 1.47. The number of esters is 1. The van der Waals surface area contributed by atoms with E-state index in [-0.39, 0.29) is 25.3 Å². The van der Waals surface area contributed by atoms with Crippen LogP contribution in [-0.2, 0) is 23.7 Å². The van der Waals surface area contributed by atoms with Gasteiger partial charge in [-0.3, -0.25) is 0 Å². The van der Waals surface area contributed by atoms with Gasteiger partial charge in [0, 0.05) is 0 Å². The summed E-state index contributed by atoms with van der Waals surface area (Å²) < 4.78 is 21.2. The van der Waals surface area contributed by atoms with Crippen molar-refractivity contribution in [1.82, 2.24) is 0 Å². The molecule has 2 bridgehead atoms. The van der Waals surface area contributed by atoms with Crippen molar-refractivity contribution in [2.24, 2.45) is 17.8 Å². The van der Waals surface area contributed by atoms with Crippen molar-refractivity contribution in [2.75, 3.05) is 46.2 Å². The van der Waals surface area contributed by atoms with Gasteiger partial charge in [0.1, 0.15) is 12.7 Å². The van der Waals surface area contributed by atoms with Crippen LogP contribution in [-0.4, -0.2) is 63.4 Å². The Morgan fingerprint density at radius 1 is 0.875 bits per heavy atom. The van der Waals surface area contributed by atoms with E-state index < -0.39 is 0 Å². The molecule has 2 atom stereocenters. The van der Waals surface area contributed by atoms with Gasteiger partial charge < -0.3 is 24.1 Å². The van der Waals surface area contributed by atoms with E-state index in [1.54, 1.807) is 0 Å². The number of aliphatic hydroxyl groups excluding tert-OH is 1. The smallest absolute Gasteiger partial charge is 0.332 e. The number of rotatable bonds is 11. The maximum atomic E-state index is 11.9. The van der Waals surface area contributed by atoms with Gasteiger partial charge in [0.25, 0.3) is 0 Å². The Kier molecular flexibility index (Phi) is 9.02. The van der Waals surface area contributed by atoms with Crippen LogP contribution in [0.5, 0.6) is 0 Å². The van der Waals surface area contributed by atoms with Crippen LogP contribution < -0.4 is 0 Å². The molecular weight excluding hydrogens is 312 g/mol. The van der Waals surface area contributed by atoms with E-state index in [1.165, 1.54) is 19.3 Å². The second-order valence-electron chi connectivity index (χ2n) is 7.13. The number of hydrogen-bond acceptors (Lipinski definition) is 6. The Morgan fingerprint density at radius 3 is 2.08 bits per heavy atom. The lowest BCUT2D eigenvalue weighted by molar-refractivity contribution is -0.159. The summed E-state index contributed by atoms with van der Waals surface area (Å²) in [5, 5.41) is 8.54. The van der Waals surface area contributed by atoms with Crippen LogP contribution >= 0.6 is 0 Å². The Labute approximate surface area is 144 Å². The van der Waals surface area contributed by atoms with Crippen molar-refractivity contribution >= 4 is 5.97 Å². The van der Waals surface area contributed by atoms with Crippen LogP contribution in [0, 0.1) is 17.8 Å². The van der Waals surface area contributed by atoms with Crippen molar-refractivity contribution in [2.45, 2.75) is 45.1 Å². The van der Waals surface area contributed by atoms with Gasteiger partial charge in [-0.2, -0.15) is 0 Å². The molecule has 2 fully saturated rings. The minimum Gasteiger partial charge on any atom is -0.461 e. The Bertz CT molecular complexity index is 343.